The van der Waals surface area contributed by atoms with Crippen molar-refractivity contribution in [3.8, 4) is 0 Å². The second kappa shape index (κ2) is 15.9. The summed E-state index contributed by atoms with van der Waals surface area (Å²) < 4.78 is 17.7. The maximum atomic E-state index is 11.8. The minimum atomic E-state index is -0.540. The van der Waals surface area contributed by atoms with E-state index in [2.05, 4.69) is 19.2 Å². The quantitative estimate of drug-likeness (QED) is 0.315. The molecule has 0 spiro atoms. The van der Waals surface area contributed by atoms with Crippen LogP contribution in [0.15, 0.2) is 0 Å². The molecule has 1 heterocycles. The van der Waals surface area contributed by atoms with Gasteiger partial charge in [0.25, 0.3) is 0 Å². The Balaban J connectivity index is 2.40. The fraction of sp³-hybridized carbons (Fsp3) is 0.957. The van der Waals surface area contributed by atoms with E-state index in [4.69, 9.17) is 14.2 Å². The molecule has 1 aliphatic heterocycles. The summed E-state index contributed by atoms with van der Waals surface area (Å²) in [6, 6.07) is 0. The highest BCUT2D eigenvalue weighted by molar-refractivity contribution is 5.67. The molecule has 172 valence electrons. The topological polar surface area (TPSA) is 77.0 Å². The SMILES string of the molecule is CCCCCCCC1(CCCCCCC)OCC(COC(=O)NCC(O)CC)O1. The van der Waals surface area contributed by atoms with Gasteiger partial charge in [-0.3, -0.25) is 0 Å². The van der Waals surface area contributed by atoms with Gasteiger partial charge in [-0.1, -0.05) is 72.1 Å². The van der Waals surface area contributed by atoms with Crippen LogP contribution in [0.4, 0.5) is 4.79 Å². The fourth-order valence-electron chi connectivity index (χ4n) is 3.65. The van der Waals surface area contributed by atoms with Gasteiger partial charge in [-0.2, -0.15) is 0 Å². The van der Waals surface area contributed by atoms with Crippen molar-refractivity contribution in [2.24, 2.45) is 0 Å². The molecule has 2 atom stereocenters. The van der Waals surface area contributed by atoms with Crippen molar-refractivity contribution < 1.29 is 24.1 Å². The molecule has 0 aromatic carbocycles. The number of rotatable bonds is 17. The Labute approximate surface area is 178 Å². The Morgan fingerprint density at radius 1 is 1.03 bits per heavy atom. The molecule has 0 aliphatic carbocycles. The highest BCUT2D eigenvalue weighted by atomic mass is 16.8. The fourth-order valence-corrected chi connectivity index (χ4v) is 3.65. The molecule has 1 fully saturated rings. The van der Waals surface area contributed by atoms with Crippen molar-refractivity contribution in [3.63, 3.8) is 0 Å². The van der Waals surface area contributed by atoms with Gasteiger partial charge in [0, 0.05) is 19.4 Å². The molecule has 0 bridgehead atoms. The molecule has 2 N–H and O–H groups in total. The number of carbonyl (C=O) groups is 1. The third-order valence-corrected chi connectivity index (χ3v) is 5.59. The van der Waals surface area contributed by atoms with E-state index < -0.39 is 18.0 Å². The first kappa shape index (κ1) is 26.2. The number of amides is 1. The first-order valence-corrected chi connectivity index (χ1v) is 12.0. The van der Waals surface area contributed by atoms with Gasteiger partial charge in [0.15, 0.2) is 5.79 Å². The number of unbranched alkanes of at least 4 members (excludes halogenated alkanes) is 8. The van der Waals surface area contributed by atoms with Crippen LogP contribution < -0.4 is 5.32 Å². The summed E-state index contributed by atoms with van der Waals surface area (Å²) in [6.45, 7) is 7.17. The molecule has 29 heavy (non-hydrogen) atoms. The lowest BCUT2D eigenvalue weighted by atomic mass is 9.99. The first-order valence-electron chi connectivity index (χ1n) is 12.0. The largest absolute Gasteiger partial charge is 0.447 e. The molecule has 6 heteroatoms. The van der Waals surface area contributed by atoms with Gasteiger partial charge in [0.05, 0.1) is 12.7 Å². The number of aliphatic hydroxyl groups is 1. The molecule has 6 nitrogen and oxygen atoms in total. The highest BCUT2D eigenvalue weighted by Gasteiger charge is 2.40. The number of aliphatic hydroxyl groups excluding tert-OH is 1. The van der Waals surface area contributed by atoms with Gasteiger partial charge >= 0.3 is 6.09 Å². The first-order chi connectivity index (χ1) is 14.0. The van der Waals surface area contributed by atoms with Crippen LogP contribution in [0, 0.1) is 0 Å². The second-order valence-electron chi connectivity index (χ2n) is 8.33. The van der Waals surface area contributed by atoms with Gasteiger partial charge in [-0.25, -0.2) is 4.79 Å². The molecule has 1 aliphatic rings. The molecule has 0 radical (unpaired) electrons. The predicted molar refractivity (Wildman–Crippen MR) is 116 cm³/mol. The van der Waals surface area contributed by atoms with Gasteiger partial charge in [-0.15, -0.1) is 0 Å². The lowest BCUT2D eigenvalue weighted by Crippen LogP contribution is -2.35. The lowest BCUT2D eigenvalue weighted by molar-refractivity contribution is -0.182. The maximum absolute atomic E-state index is 11.8. The summed E-state index contributed by atoms with van der Waals surface area (Å²) in [5.74, 6) is -0.513. The van der Waals surface area contributed by atoms with Crippen LogP contribution in [0.2, 0.25) is 0 Å². The van der Waals surface area contributed by atoms with E-state index in [9.17, 15) is 9.90 Å². The molecule has 0 aromatic heterocycles. The van der Waals surface area contributed by atoms with Crippen molar-refractivity contribution >= 4 is 6.09 Å². The summed E-state index contributed by atoms with van der Waals surface area (Å²) >= 11 is 0. The standard InChI is InChI=1S/C23H45NO5/c1-4-7-9-11-13-15-23(16-14-12-10-8-5-2)28-19-21(29-23)18-27-22(26)24-17-20(25)6-3/h20-21,25H,4-19H2,1-3H3,(H,24,26). The predicted octanol–water partition coefficient (Wildman–Crippen LogP) is 5.32. The smallest absolute Gasteiger partial charge is 0.407 e. The van der Waals surface area contributed by atoms with Crippen molar-refractivity contribution in [2.45, 2.75) is 122 Å². The zero-order chi connectivity index (χ0) is 21.4. The molecule has 0 aromatic rings. The van der Waals surface area contributed by atoms with E-state index in [0.717, 1.165) is 25.7 Å². The van der Waals surface area contributed by atoms with Crippen molar-refractivity contribution in [1.82, 2.24) is 5.32 Å². The van der Waals surface area contributed by atoms with Crippen LogP contribution in [0.5, 0.6) is 0 Å². The summed E-state index contributed by atoms with van der Waals surface area (Å²) in [6.07, 6.45) is 13.4. The number of carbonyl (C=O) groups excluding carboxylic acids is 1. The van der Waals surface area contributed by atoms with Crippen LogP contribution in [-0.2, 0) is 14.2 Å². The zero-order valence-electron chi connectivity index (χ0n) is 19.0. The lowest BCUT2D eigenvalue weighted by Gasteiger charge is -2.28. The number of ether oxygens (including phenoxy) is 3. The average molecular weight is 416 g/mol. The van der Waals surface area contributed by atoms with E-state index in [0.29, 0.717) is 13.0 Å². The van der Waals surface area contributed by atoms with E-state index in [1.165, 1.54) is 51.4 Å². The molecule has 0 saturated carbocycles. The Hall–Kier alpha value is -0.850. The third kappa shape index (κ3) is 11.8. The molecular formula is C23H45NO5. The summed E-state index contributed by atoms with van der Waals surface area (Å²) in [5, 5.41) is 12.1. The number of hydrogen-bond donors (Lipinski definition) is 2. The molecular weight excluding hydrogens is 370 g/mol. The second-order valence-corrected chi connectivity index (χ2v) is 8.33. The Kier molecular flexibility index (Phi) is 14.4. The normalized spacial score (nSPS) is 19.2. The van der Waals surface area contributed by atoms with Crippen LogP contribution >= 0.6 is 0 Å². The summed E-state index contributed by atoms with van der Waals surface area (Å²) in [7, 11) is 0. The van der Waals surface area contributed by atoms with E-state index in [-0.39, 0.29) is 19.3 Å². The zero-order valence-corrected chi connectivity index (χ0v) is 19.0. The molecule has 1 saturated heterocycles. The maximum Gasteiger partial charge on any atom is 0.407 e. The Morgan fingerprint density at radius 2 is 1.62 bits per heavy atom. The Morgan fingerprint density at radius 3 is 2.17 bits per heavy atom. The van der Waals surface area contributed by atoms with Crippen LogP contribution in [0.3, 0.4) is 0 Å². The number of hydrogen-bond acceptors (Lipinski definition) is 5. The summed E-state index contributed by atoms with van der Waals surface area (Å²) in [4.78, 5) is 11.8. The van der Waals surface area contributed by atoms with Gasteiger partial charge in [0.1, 0.15) is 12.7 Å². The summed E-state index contributed by atoms with van der Waals surface area (Å²) in [5.41, 5.74) is 0. The van der Waals surface area contributed by atoms with Crippen molar-refractivity contribution in [3.05, 3.63) is 0 Å². The molecule has 1 amide bonds. The van der Waals surface area contributed by atoms with Crippen molar-refractivity contribution in [2.75, 3.05) is 19.8 Å². The Bertz CT molecular complexity index is 404. The minimum Gasteiger partial charge on any atom is -0.447 e. The van der Waals surface area contributed by atoms with Gasteiger partial charge in [0.2, 0.25) is 0 Å². The third-order valence-electron chi connectivity index (χ3n) is 5.59. The van der Waals surface area contributed by atoms with Crippen LogP contribution in [-0.4, -0.2) is 49.0 Å². The average Bonchev–Trinajstić information content (AvgIpc) is 3.13. The highest BCUT2D eigenvalue weighted by Crippen LogP contribution is 2.34. The molecule has 2 unspecified atom stereocenters. The van der Waals surface area contributed by atoms with E-state index >= 15 is 0 Å². The van der Waals surface area contributed by atoms with Crippen molar-refractivity contribution in [1.29, 1.82) is 0 Å². The van der Waals surface area contributed by atoms with E-state index in [1.54, 1.807) is 0 Å². The van der Waals surface area contributed by atoms with Crippen LogP contribution in [0.25, 0.3) is 0 Å². The van der Waals surface area contributed by atoms with Gasteiger partial charge in [-0.05, 0) is 19.3 Å². The number of alkyl carbamates (subject to hydrolysis) is 1. The number of nitrogens with one attached hydrogen (secondary N) is 1. The minimum absolute atomic E-state index is 0.182. The van der Waals surface area contributed by atoms with Gasteiger partial charge < -0.3 is 24.6 Å². The molecule has 1 rings (SSSR count). The van der Waals surface area contributed by atoms with E-state index in [1.807, 2.05) is 6.92 Å². The monoisotopic (exact) mass is 415 g/mol. The van der Waals surface area contributed by atoms with Crippen LogP contribution in [0.1, 0.15) is 104 Å².